The minimum absolute atomic E-state index is 0.273. The third-order valence-electron chi connectivity index (χ3n) is 5.89. The number of anilines is 1. The van der Waals surface area contributed by atoms with E-state index in [1.54, 1.807) is 0 Å². The Labute approximate surface area is 173 Å². The summed E-state index contributed by atoms with van der Waals surface area (Å²) >= 11 is 0. The predicted molar refractivity (Wildman–Crippen MR) is 122 cm³/mol. The molecular weight excluding hydrogens is 354 g/mol. The van der Waals surface area contributed by atoms with Crippen LogP contribution in [0, 0.1) is 5.92 Å². The van der Waals surface area contributed by atoms with Crippen LogP contribution in [0.2, 0.25) is 0 Å². The van der Waals surface area contributed by atoms with Gasteiger partial charge in [0.25, 0.3) is 0 Å². The van der Waals surface area contributed by atoms with Crippen molar-refractivity contribution in [3.05, 3.63) is 89.2 Å². The van der Waals surface area contributed by atoms with Crippen molar-refractivity contribution in [3.8, 4) is 0 Å². The minimum Gasteiger partial charge on any atom is -0.351 e. The number of fused-ring (bicyclic) bond motifs is 1. The van der Waals surface area contributed by atoms with E-state index in [1.165, 1.54) is 27.5 Å². The zero-order valence-electron chi connectivity index (χ0n) is 17.8. The van der Waals surface area contributed by atoms with E-state index < -0.39 is 0 Å². The summed E-state index contributed by atoms with van der Waals surface area (Å²) in [6, 6.07) is 19.2. The molecule has 2 atom stereocenters. The highest BCUT2D eigenvalue weighted by Crippen LogP contribution is 2.40. The van der Waals surface area contributed by atoms with Crippen molar-refractivity contribution in [2.24, 2.45) is 5.92 Å². The lowest BCUT2D eigenvalue weighted by atomic mass is 9.78. The van der Waals surface area contributed by atoms with Gasteiger partial charge in [0.05, 0.1) is 5.69 Å². The van der Waals surface area contributed by atoms with Gasteiger partial charge in [-0.1, -0.05) is 84.8 Å². The Morgan fingerprint density at radius 1 is 0.897 bits per heavy atom. The van der Waals surface area contributed by atoms with E-state index >= 15 is 0 Å². The van der Waals surface area contributed by atoms with Gasteiger partial charge in [-0.25, -0.2) is 0 Å². The molecule has 0 N–H and O–H groups in total. The first kappa shape index (κ1) is 19.4. The highest BCUT2D eigenvalue weighted by molar-refractivity contribution is 5.94. The number of hydrogen-bond acceptors (Lipinski definition) is 3. The lowest BCUT2D eigenvalue weighted by molar-refractivity contribution is 0.583. The summed E-state index contributed by atoms with van der Waals surface area (Å²) < 4.78 is 0. The van der Waals surface area contributed by atoms with Crippen molar-refractivity contribution >= 4 is 16.6 Å². The fourth-order valence-electron chi connectivity index (χ4n) is 4.60. The molecule has 1 aromatic heterocycles. The van der Waals surface area contributed by atoms with E-state index in [1.807, 2.05) is 0 Å². The van der Waals surface area contributed by atoms with Gasteiger partial charge in [0, 0.05) is 29.8 Å². The summed E-state index contributed by atoms with van der Waals surface area (Å²) in [6.07, 6.45) is 4.62. The van der Waals surface area contributed by atoms with E-state index in [9.17, 15) is 0 Å². The number of aromatic nitrogens is 2. The molecule has 2 aromatic carbocycles. The van der Waals surface area contributed by atoms with Gasteiger partial charge in [0.15, 0.2) is 5.82 Å². The Morgan fingerprint density at radius 2 is 1.59 bits per heavy atom. The largest absolute Gasteiger partial charge is 0.351 e. The Morgan fingerprint density at radius 3 is 2.28 bits per heavy atom. The maximum Gasteiger partial charge on any atom is 0.159 e. The van der Waals surface area contributed by atoms with Gasteiger partial charge in [0.2, 0.25) is 0 Å². The molecule has 0 saturated carbocycles. The number of nitrogens with zero attached hydrogens (tertiary/aromatic N) is 3. The molecular formula is C26H29N3. The second-order valence-corrected chi connectivity index (χ2v) is 8.09. The predicted octanol–water partition coefficient (Wildman–Crippen LogP) is 6.28. The van der Waals surface area contributed by atoms with Crippen molar-refractivity contribution in [1.29, 1.82) is 0 Å². The molecule has 3 nitrogen and oxygen atoms in total. The normalized spacial score (nSPS) is 19.0. The van der Waals surface area contributed by atoms with Crippen molar-refractivity contribution in [2.45, 2.75) is 40.2 Å². The van der Waals surface area contributed by atoms with E-state index in [-0.39, 0.29) is 5.92 Å². The molecule has 4 rings (SSSR count). The Balaban J connectivity index is 1.79. The van der Waals surface area contributed by atoms with Crippen LogP contribution in [0.25, 0.3) is 10.8 Å². The number of benzene rings is 2. The first-order valence-corrected chi connectivity index (χ1v) is 10.5. The molecule has 3 aromatic rings. The monoisotopic (exact) mass is 383 g/mol. The molecule has 0 spiro atoms. The number of hydrogen-bond donors (Lipinski definition) is 0. The van der Waals surface area contributed by atoms with Crippen molar-refractivity contribution in [3.63, 3.8) is 0 Å². The van der Waals surface area contributed by atoms with Crippen LogP contribution in [-0.2, 0) is 6.54 Å². The van der Waals surface area contributed by atoms with Crippen molar-refractivity contribution in [2.75, 3.05) is 11.4 Å². The van der Waals surface area contributed by atoms with E-state index in [4.69, 9.17) is 10.2 Å². The summed E-state index contributed by atoms with van der Waals surface area (Å²) in [5, 5.41) is 12.0. The summed E-state index contributed by atoms with van der Waals surface area (Å²) in [4.78, 5) is 2.31. The van der Waals surface area contributed by atoms with Gasteiger partial charge in [-0.15, -0.1) is 5.10 Å². The van der Waals surface area contributed by atoms with Gasteiger partial charge in [-0.2, -0.15) is 5.10 Å². The average Bonchev–Trinajstić information content (AvgIpc) is 2.72. The molecule has 0 saturated heterocycles. The van der Waals surface area contributed by atoms with E-state index in [0.29, 0.717) is 5.92 Å². The molecule has 3 heteroatoms. The fraction of sp³-hybridized carbons (Fsp3) is 0.308. The van der Waals surface area contributed by atoms with Crippen molar-refractivity contribution in [1.82, 2.24) is 10.2 Å². The lowest BCUT2D eigenvalue weighted by Gasteiger charge is -2.29. The molecule has 2 unspecified atom stereocenters. The fourth-order valence-corrected chi connectivity index (χ4v) is 4.60. The standard InChI is InChI=1S/C26H29N3/c1-5-29(17-21-11-7-6-8-12-21)26-23-14-10-9-13-22(23)25(27-28-26)24-19(3)15-18(2)16-20(24)4/h6-16,19,24H,5,17H2,1-4H3. The molecule has 1 aliphatic rings. The van der Waals surface area contributed by atoms with Crippen LogP contribution in [0.3, 0.4) is 0 Å². The molecule has 0 aliphatic heterocycles. The van der Waals surface area contributed by atoms with E-state index in [0.717, 1.165) is 24.6 Å². The van der Waals surface area contributed by atoms with Gasteiger partial charge in [0.1, 0.15) is 0 Å². The number of allylic oxidation sites excluding steroid dienone is 4. The highest BCUT2D eigenvalue weighted by Gasteiger charge is 2.27. The topological polar surface area (TPSA) is 29.0 Å². The molecule has 0 bridgehead atoms. The Kier molecular flexibility index (Phi) is 5.48. The smallest absolute Gasteiger partial charge is 0.159 e. The molecule has 29 heavy (non-hydrogen) atoms. The molecule has 0 fully saturated rings. The van der Waals surface area contributed by atoms with Crippen LogP contribution in [0.15, 0.2) is 77.9 Å². The average molecular weight is 384 g/mol. The summed E-state index contributed by atoms with van der Waals surface area (Å²) in [7, 11) is 0. The van der Waals surface area contributed by atoms with Crippen LogP contribution < -0.4 is 4.90 Å². The second-order valence-electron chi connectivity index (χ2n) is 8.09. The van der Waals surface area contributed by atoms with Gasteiger partial charge in [-0.05, 0) is 32.3 Å². The van der Waals surface area contributed by atoms with E-state index in [2.05, 4.69) is 99.3 Å². The maximum atomic E-state index is 4.81. The summed E-state index contributed by atoms with van der Waals surface area (Å²) in [5.74, 6) is 1.65. The van der Waals surface area contributed by atoms with Crippen molar-refractivity contribution < 1.29 is 0 Å². The first-order chi connectivity index (χ1) is 14.1. The van der Waals surface area contributed by atoms with Crippen LogP contribution >= 0.6 is 0 Å². The molecule has 148 valence electrons. The summed E-state index contributed by atoms with van der Waals surface area (Å²) in [6.45, 7) is 10.6. The third-order valence-corrected chi connectivity index (χ3v) is 5.89. The van der Waals surface area contributed by atoms with Crippen LogP contribution in [-0.4, -0.2) is 16.7 Å². The second kappa shape index (κ2) is 8.20. The van der Waals surface area contributed by atoms with Gasteiger partial charge in [-0.3, -0.25) is 0 Å². The van der Waals surface area contributed by atoms with Gasteiger partial charge < -0.3 is 4.90 Å². The Bertz CT molecular complexity index is 1070. The van der Waals surface area contributed by atoms with Crippen LogP contribution in [0.1, 0.15) is 44.9 Å². The first-order valence-electron chi connectivity index (χ1n) is 10.5. The highest BCUT2D eigenvalue weighted by atomic mass is 15.3. The van der Waals surface area contributed by atoms with Crippen LogP contribution in [0.5, 0.6) is 0 Å². The molecule has 0 amide bonds. The number of rotatable bonds is 5. The summed E-state index contributed by atoms with van der Waals surface area (Å²) in [5.41, 5.74) is 5.07. The quantitative estimate of drug-likeness (QED) is 0.519. The van der Waals surface area contributed by atoms with Crippen LogP contribution in [0.4, 0.5) is 5.82 Å². The zero-order chi connectivity index (χ0) is 20.4. The zero-order valence-corrected chi connectivity index (χ0v) is 17.8. The lowest BCUT2D eigenvalue weighted by Crippen LogP contribution is -2.24. The molecule has 1 aliphatic carbocycles. The SMILES string of the molecule is CCN(Cc1ccccc1)c1nnc(C2C(C)=CC(C)=CC2C)c2ccccc12. The minimum atomic E-state index is 0.273. The third kappa shape index (κ3) is 3.82. The maximum absolute atomic E-state index is 4.81. The Hall–Kier alpha value is -2.94. The molecule has 0 radical (unpaired) electrons. The van der Waals surface area contributed by atoms with Gasteiger partial charge >= 0.3 is 0 Å². The molecule has 1 heterocycles.